The van der Waals surface area contributed by atoms with Crippen molar-refractivity contribution in [1.82, 2.24) is 0 Å². The Morgan fingerprint density at radius 3 is 0.818 bits per heavy atom. The maximum Gasteiger partial charge on any atom is -0.0168 e. The van der Waals surface area contributed by atoms with Crippen molar-refractivity contribution < 1.29 is 0 Å². The Hall–Kier alpha value is 0.430. The van der Waals surface area contributed by atoms with Gasteiger partial charge < -0.3 is 0 Å². The van der Waals surface area contributed by atoms with Crippen molar-refractivity contribution in [3.05, 3.63) is 0 Å². The van der Waals surface area contributed by atoms with Gasteiger partial charge in [0.1, 0.15) is 0 Å². The predicted molar refractivity (Wildman–Crippen MR) is 102 cm³/mol. The van der Waals surface area contributed by atoms with E-state index in [1.54, 1.807) is 0 Å². The molecule has 0 amide bonds. The minimum Gasteiger partial charge on any atom is -0.0741 e. The van der Waals surface area contributed by atoms with Crippen LogP contribution in [0.1, 0.15) is 122 Å². The van der Waals surface area contributed by atoms with Crippen molar-refractivity contribution in [2.45, 2.75) is 133 Å². The van der Waals surface area contributed by atoms with Gasteiger partial charge in [0, 0.05) is 0 Å². The fourth-order valence-electron chi connectivity index (χ4n) is 4.35. The molecule has 0 heterocycles. The van der Waals surface area contributed by atoms with Crippen molar-refractivity contribution in [1.29, 1.82) is 0 Å². The Bertz CT molecular complexity index is 228. The molecule has 1 radical (unpaired) electrons. The van der Waals surface area contributed by atoms with E-state index in [9.17, 15) is 0 Å². The highest BCUT2D eigenvalue weighted by molar-refractivity contribution is 7.39. The van der Waals surface area contributed by atoms with Gasteiger partial charge >= 0.3 is 0 Å². The van der Waals surface area contributed by atoms with Gasteiger partial charge in [0.15, 0.2) is 0 Å². The molecule has 0 nitrogen and oxygen atoms in total. The zero-order valence-electron chi connectivity index (χ0n) is 15.0. The Morgan fingerprint density at radius 2 is 0.545 bits per heavy atom. The van der Waals surface area contributed by atoms with Gasteiger partial charge in [-0.15, -0.1) is 0 Å². The van der Waals surface area contributed by atoms with E-state index in [2.05, 4.69) is 0 Å². The summed E-state index contributed by atoms with van der Waals surface area (Å²) in [5.41, 5.74) is 2.10. The second-order valence-electron chi connectivity index (χ2n) is 7.91. The summed E-state index contributed by atoms with van der Waals surface area (Å²) in [6.45, 7) is 0. The van der Waals surface area contributed by atoms with Crippen LogP contribution in [-0.4, -0.2) is 11.3 Å². The van der Waals surface area contributed by atoms with Crippen LogP contribution in [0.15, 0.2) is 0 Å². The maximum absolute atomic E-state index is 1.86. The molecule has 0 atom stereocenters. The Kier molecular flexibility index (Phi) is 10.9. The molecule has 2 rings (SSSR count). The lowest BCUT2D eigenvalue weighted by Crippen LogP contribution is -2.10. The third-order valence-electron chi connectivity index (χ3n) is 5.82. The van der Waals surface area contributed by atoms with E-state index in [0.717, 1.165) is 11.3 Å². The van der Waals surface area contributed by atoms with Crippen LogP contribution < -0.4 is 0 Å². The van der Waals surface area contributed by atoms with Crippen LogP contribution in [0.5, 0.6) is 0 Å². The van der Waals surface area contributed by atoms with Gasteiger partial charge in [-0.25, -0.2) is 0 Å². The molecule has 0 aromatic rings. The van der Waals surface area contributed by atoms with E-state index in [4.69, 9.17) is 0 Å². The van der Waals surface area contributed by atoms with Crippen LogP contribution in [0.25, 0.3) is 0 Å². The first kappa shape index (κ1) is 18.8. The summed E-state index contributed by atoms with van der Waals surface area (Å²) in [5, 5.41) is 0. The third kappa shape index (κ3) is 8.90. The molecule has 0 spiro atoms. The molecule has 0 unspecified atom stereocenters. The molecule has 2 saturated carbocycles. The maximum atomic E-state index is 1.86. The first-order valence-corrected chi connectivity index (χ1v) is 11.7. The van der Waals surface area contributed by atoms with Gasteiger partial charge in [0.2, 0.25) is 0 Å². The van der Waals surface area contributed by atoms with Crippen molar-refractivity contribution in [2.24, 2.45) is 0 Å². The lowest BCUT2D eigenvalue weighted by Gasteiger charge is -2.24. The van der Waals surface area contributed by atoms with E-state index in [1.807, 2.05) is 8.58 Å². The van der Waals surface area contributed by atoms with Gasteiger partial charge in [0.05, 0.1) is 0 Å². The van der Waals surface area contributed by atoms with Crippen molar-refractivity contribution in [2.75, 3.05) is 0 Å². The summed E-state index contributed by atoms with van der Waals surface area (Å²) < 4.78 is 0. The van der Waals surface area contributed by atoms with E-state index in [1.165, 1.54) is 122 Å². The highest BCUT2D eigenvalue weighted by Gasteiger charge is 2.18. The van der Waals surface area contributed by atoms with Crippen molar-refractivity contribution in [3.8, 4) is 0 Å². The van der Waals surface area contributed by atoms with Crippen LogP contribution in [0.4, 0.5) is 0 Å². The van der Waals surface area contributed by atoms with Crippen LogP contribution in [0.2, 0.25) is 0 Å². The van der Waals surface area contributed by atoms with E-state index >= 15 is 0 Å². The summed E-state index contributed by atoms with van der Waals surface area (Å²) in [6.07, 6.45) is 28.8. The van der Waals surface area contributed by atoms with Gasteiger partial charge in [-0.1, -0.05) is 105 Å². The van der Waals surface area contributed by atoms with Crippen LogP contribution in [-0.2, 0) is 0 Å². The van der Waals surface area contributed by atoms with E-state index < -0.39 is 0 Å². The minimum absolute atomic E-state index is 1.05. The van der Waals surface area contributed by atoms with Crippen LogP contribution in [0, 0.1) is 0 Å². The smallest absolute Gasteiger partial charge is 0.0168 e. The van der Waals surface area contributed by atoms with Gasteiger partial charge in [-0.2, -0.15) is 0 Å². The second kappa shape index (κ2) is 12.8. The summed E-state index contributed by atoms with van der Waals surface area (Å²) in [5.74, 6) is 0. The molecular weight excluding hydrogens is 283 g/mol. The van der Waals surface area contributed by atoms with Gasteiger partial charge in [-0.05, 0) is 37.0 Å². The number of hydrogen-bond acceptors (Lipinski definition) is 0. The van der Waals surface area contributed by atoms with Crippen molar-refractivity contribution >= 4 is 8.58 Å². The average Bonchev–Trinajstić information content (AvgIpc) is 2.60. The van der Waals surface area contributed by atoms with Gasteiger partial charge in [0.25, 0.3) is 0 Å². The third-order valence-corrected chi connectivity index (χ3v) is 7.70. The average molecular weight is 324 g/mol. The molecule has 129 valence electrons. The SMILES string of the molecule is C1CCCCCC([P]C2CCCCCCCCC2)CCCC1. The van der Waals surface area contributed by atoms with Crippen LogP contribution >= 0.6 is 8.58 Å². The molecule has 0 saturated heterocycles. The molecule has 0 aliphatic heterocycles. The Labute approximate surface area is 142 Å². The fourth-order valence-corrected chi connectivity index (χ4v) is 6.27. The summed E-state index contributed by atoms with van der Waals surface area (Å²) in [6, 6.07) is 0. The van der Waals surface area contributed by atoms with E-state index in [0.29, 0.717) is 0 Å². The Morgan fingerprint density at radius 1 is 0.318 bits per heavy atom. The fraction of sp³-hybridized carbons (Fsp3) is 1.00. The summed E-state index contributed by atoms with van der Waals surface area (Å²) >= 11 is 0. The first-order valence-electron chi connectivity index (χ1n) is 10.6. The Balaban J connectivity index is 1.75. The monoisotopic (exact) mass is 323 g/mol. The first-order chi connectivity index (χ1) is 10.9. The molecule has 22 heavy (non-hydrogen) atoms. The highest BCUT2D eigenvalue weighted by Crippen LogP contribution is 2.39. The summed E-state index contributed by atoms with van der Waals surface area (Å²) in [4.78, 5) is 0. The zero-order chi connectivity index (χ0) is 15.3. The second-order valence-corrected chi connectivity index (χ2v) is 9.67. The molecule has 1 heteroatoms. The predicted octanol–water partition coefficient (Wildman–Crippen LogP) is 8.11. The van der Waals surface area contributed by atoms with Crippen LogP contribution in [0.3, 0.4) is 0 Å². The zero-order valence-corrected chi connectivity index (χ0v) is 15.9. The largest absolute Gasteiger partial charge is 0.0741 e. The number of hydrogen-bond donors (Lipinski definition) is 0. The highest BCUT2D eigenvalue weighted by atomic mass is 31.1. The summed E-state index contributed by atoms with van der Waals surface area (Å²) in [7, 11) is 1.86. The standard InChI is InChI=1S/C21H40P/c1-2-5-9-13-17-20(16-12-8-4-1)22-21-18-14-10-6-3-7-11-15-19-21/h20-21H,1-19H2. The lowest BCUT2D eigenvalue weighted by molar-refractivity contribution is 0.506. The molecule has 0 N–H and O–H groups in total. The van der Waals surface area contributed by atoms with E-state index in [-0.39, 0.29) is 0 Å². The molecule has 0 aromatic carbocycles. The number of rotatable bonds is 2. The van der Waals surface area contributed by atoms with Gasteiger partial charge in [-0.3, -0.25) is 0 Å². The normalized spacial score (nSPS) is 26.7. The molecule has 2 aliphatic rings. The quantitative estimate of drug-likeness (QED) is 0.450. The molecular formula is C21H40P. The molecule has 2 aliphatic carbocycles. The minimum atomic E-state index is 1.05. The van der Waals surface area contributed by atoms with Crippen molar-refractivity contribution in [3.63, 3.8) is 0 Å². The topological polar surface area (TPSA) is 0 Å². The lowest BCUT2D eigenvalue weighted by atomic mass is 10.0. The molecule has 2 fully saturated rings. The molecule has 0 bridgehead atoms. The molecule has 0 aromatic heterocycles.